The first-order valence-corrected chi connectivity index (χ1v) is 16.3. The molecule has 0 aliphatic heterocycles. The van der Waals surface area contributed by atoms with Crippen LogP contribution >= 0.6 is 0 Å². The van der Waals surface area contributed by atoms with Crippen LogP contribution in [0.1, 0.15) is 86.3 Å². The fourth-order valence-electron chi connectivity index (χ4n) is 5.84. The Balaban J connectivity index is 0.000000338. The summed E-state index contributed by atoms with van der Waals surface area (Å²) in [5.74, 6) is 0.975. The molecule has 3 nitrogen and oxygen atoms in total. The van der Waals surface area contributed by atoms with Gasteiger partial charge in [0.15, 0.2) is 5.78 Å². The van der Waals surface area contributed by atoms with E-state index in [0.717, 1.165) is 36.9 Å². The zero-order valence-electron chi connectivity index (χ0n) is 28.5. The van der Waals surface area contributed by atoms with E-state index in [0.29, 0.717) is 5.92 Å². The summed E-state index contributed by atoms with van der Waals surface area (Å²) >= 11 is 0. The van der Waals surface area contributed by atoms with Crippen molar-refractivity contribution in [2.75, 3.05) is 0 Å². The van der Waals surface area contributed by atoms with Crippen LogP contribution in [0.5, 0.6) is 0 Å². The summed E-state index contributed by atoms with van der Waals surface area (Å²) < 4.78 is 0. The number of rotatable bonds is 8. The van der Waals surface area contributed by atoms with Gasteiger partial charge in [-0.1, -0.05) is 104 Å². The van der Waals surface area contributed by atoms with E-state index in [-0.39, 0.29) is 48.9 Å². The number of aliphatic hydroxyl groups excluding tert-OH is 1. The van der Waals surface area contributed by atoms with Crippen molar-refractivity contribution >= 4 is 16.6 Å². The zero-order valence-corrected chi connectivity index (χ0v) is 30.9. The normalized spacial score (nSPS) is 13.5. The quantitative estimate of drug-likeness (QED) is 0.0969. The molecule has 4 aromatic rings. The number of benzene rings is 3. The van der Waals surface area contributed by atoms with Crippen LogP contribution in [0.3, 0.4) is 0 Å². The fraction of sp³-hybridized carbons (Fsp3) is 0.415. The fourth-order valence-corrected chi connectivity index (χ4v) is 5.84. The molecule has 241 valence electrons. The number of hydrogen-bond acceptors (Lipinski definition) is 3. The molecule has 1 aliphatic carbocycles. The second-order valence-corrected chi connectivity index (χ2v) is 14.2. The van der Waals surface area contributed by atoms with Gasteiger partial charge in [0.05, 0.1) is 5.76 Å². The number of pyridine rings is 1. The van der Waals surface area contributed by atoms with Crippen molar-refractivity contribution in [3.05, 3.63) is 89.8 Å². The van der Waals surface area contributed by atoms with Crippen LogP contribution in [0.25, 0.3) is 44.3 Å². The summed E-state index contributed by atoms with van der Waals surface area (Å²) in [5.41, 5.74) is 10.3. The first kappa shape index (κ1) is 36.4. The molecule has 1 heterocycles. The van der Waals surface area contributed by atoms with E-state index in [4.69, 9.17) is 4.98 Å². The average Bonchev–Trinajstić information content (AvgIpc) is 3.09. The standard InChI is InChI=1S/C30H30N.C11H20O2.Ir/c1-19(2)14-21-15-22-12-13-31-29-25-9-7-6-8-23(25)26-16-20(18-30(3,4)5)10-11-24(26)27(17-21)28(22)29;1-5-8(3)10(12)7-11(13)9(4)6-2;/h6-8,10-13,15-17,19H,14,18H2,1-5H3;7-9,12H,5-6H2,1-4H3;/q-1;;/b;10-7-;. The molecular formula is C41H50IrNO2-. The predicted octanol–water partition coefficient (Wildman–Crippen LogP) is 11.2. The van der Waals surface area contributed by atoms with Gasteiger partial charge in [0, 0.05) is 44.2 Å². The van der Waals surface area contributed by atoms with Gasteiger partial charge in [-0.25, -0.2) is 0 Å². The van der Waals surface area contributed by atoms with Gasteiger partial charge in [0.25, 0.3) is 0 Å². The maximum atomic E-state index is 11.4. The molecule has 0 saturated carbocycles. The number of aliphatic hydroxyl groups is 1. The van der Waals surface area contributed by atoms with E-state index >= 15 is 0 Å². The maximum absolute atomic E-state index is 11.4. The van der Waals surface area contributed by atoms with Gasteiger partial charge < -0.3 is 10.1 Å². The van der Waals surface area contributed by atoms with E-state index in [2.05, 4.69) is 89.2 Å². The minimum absolute atomic E-state index is 0. The third kappa shape index (κ3) is 8.81. The van der Waals surface area contributed by atoms with Crippen LogP contribution in [0.4, 0.5) is 0 Å². The summed E-state index contributed by atoms with van der Waals surface area (Å²) in [6.45, 7) is 19.2. The molecule has 4 heteroatoms. The molecule has 0 spiro atoms. The molecule has 0 bridgehead atoms. The summed E-state index contributed by atoms with van der Waals surface area (Å²) in [6.07, 6.45) is 7.14. The van der Waals surface area contributed by atoms with E-state index < -0.39 is 0 Å². The number of fused-ring (bicyclic) bond motifs is 5. The third-order valence-corrected chi connectivity index (χ3v) is 8.56. The number of nitrogens with zero attached hydrogens (tertiary/aromatic N) is 1. The zero-order chi connectivity index (χ0) is 32.2. The van der Waals surface area contributed by atoms with Crippen molar-refractivity contribution in [1.29, 1.82) is 0 Å². The van der Waals surface area contributed by atoms with Gasteiger partial charge in [-0.2, -0.15) is 0 Å². The number of carbonyl (C=O) groups is 1. The Hall–Kier alpha value is -3.07. The Morgan fingerprint density at radius 2 is 1.58 bits per heavy atom. The monoisotopic (exact) mass is 781 g/mol. The minimum atomic E-state index is 0. The Kier molecular flexibility index (Phi) is 12.5. The topological polar surface area (TPSA) is 50.2 Å². The molecule has 0 fully saturated rings. The molecule has 1 radical (unpaired) electrons. The van der Waals surface area contributed by atoms with Crippen molar-refractivity contribution in [1.82, 2.24) is 4.98 Å². The minimum Gasteiger partial charge on any atom is -0.512 e. The average molecular weight is 781 g/mol. The number of carbonyl (C=O) groups excluding carboxylic acids is 1. The van der Waals surface area contributed by atoms with Crippen molar-refractivity contribution in [2.45, 2.75) is 88.0 Å². The molecular weight excluding hydrogens is 731 g/mol. The van der Waals surface area contributed by atoms with Crippen LogP contribution in [0, 0.1) is 29.2 Å². The predicted molar refractivity (Wildman–Crippen MR) is 187 cm³/mol. The molecule has 2 atom stereocenters. The molecule has 1 aliphatic rings. The smallest absolute Gasteiger partial charge is 0.161 e. The maximum Gasteiger partial charge on any atom is 0.161 e. The summed E-state index contributed by atoms with van der Waals surface area (Å²) in [4.78, 5) is 16.2. The van der Waals surface area contributed by atoms with Crippen LogP contribution in [-0.4, -0.2) is 15.9 Å². The molecule has 1 aromatic heterocycles. The van der Waals surface area contributed by atoms with E-state index in [1.807, 2.05) is 40.0 Å². The summed E-state index contributed by atoms with van der Waals surface area (Å²) in [6, 6.07) is 23.8. The number of hydrogen-bond donors (Lipinski definition) is 1. The van der Waals surface area contributed by atoms with E-state index in [1.165, 1.54) is 50.2 Å². The number of ketones is 1. The van der Waals surface area contributed by atoms with Gasteiger partial charge in [0.2, 0.25) is 0 Å². The van der Waals surface area contributed by atoms with Crippen molar-refractivity contribution in [3.8, 4) is 33.5 Å². The van der Waals surface area contributed by atoms with E-state index in [9.17, 15) is 9.90 Å². The number of aromatic nitrogens is 1. The second-order valence-electron chi connectivity index (χ2n) is 14.2. The first-order chi connectivity index (χ1) is 20.8. The van der Waals surface area contributed by atoms with Gasteiger partial charge >= 0.3 is 0 Å². The van der Waals surface area contributed by atoms with Gasteiger partial charge in [-0.3, -0.25) is 4.79 Å². The molecule has 45 heavy (non-hydrogen) atoms. The molecule has 1 N–H and O–H groups in total. The van der Waals surface area contributed by atoms with Crippen molar-refractivity contribution < 1.29 is 30.0 Å². The van der Waals surface area contributed by atoms with Crippen LogP contribution < -0.4 is 0 Å². The van der Waals surface area contributed by atoms with E-state index in [1.54, 1.807) is 0 Å². The largest absolute Gasteiger partial charge is 0.512 e. The Bertz CT molecular complexity index is 1660. The van der Waals surface area contributed by atoms with Gasteiger partial charge in [0.1, 0.15) is 0 Å². The van der Waals surface area contributed by atoms with Crippen LogP contribution in [-0.2, 0) is 37.7 Å². The SMILES string of the molecule is CC(C)Cc1cc2c3c(nccc3c1)-c1[c-]cccc1-c1cc(CC(C)(C)C)ccc1-2.CCC(C)C(=O)/C=C(\O)C(C)CC.[Ir]. The summed E-state index contributed by atoms with van der Waals surface area (Å²) in [5, 5.41) is 12.0. The Morgan fingerprint density at radius 3 is 2.22 bits per heavy atom. The third-order valence-electron chi connectivity index (χ3n) is 8.56. The van der Waals surface area contributed by atoms with Crippen molar-refractivity contribution in [2.24, 2.45) is 23.2 Å². The molecule has 0 saturated heterocycles. The van der Waals surface area contributed by atoms with Crippen molar-refractivity contribution in [3.63, 3.8) is 0 Å². The molecule has 5 rings (SSSR count). The number of allylic oxidation sites excluding steroid dienone is 2. The van der Waals surface area contributed by atoms with Crippen LogP contribution in [0.2, 0.25) is 0 Å². The second kappa shape index (κ2) is 15.5. The molecule has 2 unspecified atom stereocenters. The van der Waals surface area contributed by atoms with Gasteiger partial charge in [-0.15, -0.1) is 29.8 Å². The summed E-state index contributed by atoms with van der Waals surface area (Å²) in [7, 11) is 0. The first-order valence-electron chi connectivity index (χ1n) is 16.3. The Labute approximate surface area is 284 Å². The molecule has 3 aromatic carbocycles. The van der Waals surface area contributed by atoms with Crippen LogP contribution in [0.15, 0.2) is 72.6 Å². The molecule has 0 amide bonds. The Morgan fingerprint density at radius 1 is 0.889 bits per heavy atom. The van der Waals surface area contributed by atoms with Gasteiger partial charge in [-0.05, 0) is 81.8 Å².